The van der Waals surface area contributed by atoms with Crippen LogP contribution in [0.2, 0.25) is 0 Å². The van der Waals surface area contributed by atoms with E-state index < -0.39 is 5.41 Å². The van der Waals surface area contributed by atoms with Crippen molar-refractivity contribution in [1.29, 1.82) is 0 Å². The number of para-hydroxylation sites is 2. The van der Waals surface area contributed by atoms with E-state index in [0.29, 0.717) is 0 Å². The Kier molecular flexibility index (Phi) is 4.88. The van der Waals surface area contributed by atoms with Gasteiger partial charge in [-0.05, 0) is 42.5 Å². The quantitative estimate of drug-likeness (QED) is 0.371. The van der Waals surface area contributed by atoms with Gasteiger partial charge in [-0.1, -0.05) is 98.0 Å². The molecule has 0 spiro atoms. The van der Waals surface area contributed by atoms with Crippen molar-refractivity contribution in [2.75, 3.05) is 4.90 Å². The SMILES string of the molecule is CC1(C)C2(C(=O)N(c3ccccc3)c3ccccc3)CCC1(C(Br)Br)C2Br. The molecule has 5 heteroatoms. The topological polar surface area (TPSA) is 20.3 Å². The Morgan fingerprint density at radius 2 is 1.44 bits per heavy atom. The normalized spacial score (nSPS) is 30.8. The average Bonchev–Trinajstić information content (AvgIpc) is 3.13. The fourth-order valence-electron chi connectivity index (χ4n) is 5.41. The smallest absolute Gasteiger partial charge is 0.239 e. The highest BCUT2D eigenvalue weighted by Crippen LogP contribution is 2.82. The van der Waals surface area contributed by atoms with E-state index >= 15 is 0 Å². The highest BCUT2D eigenvalue weighted by atomic mass is 79.9. The summed E-state index contributed by atoms with van der Waals surface area (Å²) in [5.41, 5.74) is 1.28. The van der Waals surface area contributed by atoms with E-state index in [2.05, 4.69) is 61.6 Å². The Morgan fingerprint density at radius 1 is 0.963 bits per heavy atom. The molecule has 0 saturated heterocycles. The maximum Gasteiger partial charge on any atom is 0.239 e. The second-order valence-corrected chi connectivity index (χ2v) is 12.1. The van der Waals surface area contributed by atoms with Crippen molar-refractivity contribution in [1.82, 2.24) is 0 Å². The molecule has 1 amide bonds. The van der Waals surface area contributed by atoms with Crippen LogP contribution in [0.4, 0.5) is 11.4 Å². The van der Waals surface area contributed by atoms with Gasteiger partial charge in [0.15, 0.2) is 0 Å². The number of hydrogen-bond donors (Lipinski definition) is 0. The first-order valence-corrected chi connectivity index (χ1v) is 11.9. The lowest BCUT2D eigenvalue weighted by Crippen LogP contribution is -2.72. The number of carbonyl (C=O) groups excluding carboxylic acids is 1. The minimum Gasteiger partial charge on any atom is -0.281 e. The van der Waals surface area contributed by atoms with Crippen molar-refractivity contribution in [3.05, 3.63) is 60.7 Å². The summed E-state index contributed by atoms with van der Waals surface area (Å²) in [6, 6.07) is 20.0. The fourth-order valence-corrected chi connectivity index (χ4v) is 10.3. The van der Waals surface area contributed by atoms with E-state index in [1.54, 1.807) is 0 Å². The van der Waals surface area contributed by atoms with Crippen LogP contribution in [0.5, 0.6) is 0 Å². The molecule has 0 radical (unpaired) electrons. The summed E-state index contributed by atoms with van der Waals surface area (Å²) in [4.78, 5) is 16.2. The van der Waals surface area contributed by atoms with Crippen molar-refractivity contribution in [3.63, 3.8) is 0 Å². The number of rotatable bonds is 4. The first kappa shape index (κ1) is 19.7. The van der Waals surface area contributed by atoms with E-state index in [-0.39, 0.29) is 25.3 Å². The van der Waals surface area contributed by atoms with E-state index in [4.69, 9.17) is 0 Å². The lowest BCUT2D eigenvalue weighted by molar-refractivity contribution is -0.157. The third-order valence-electron chi connectivity index (χ3n) is 7.10. The summed E-state index contributed by atoms with van der Waals surface area (Å²) in [5.74, 6) is 0.181. The largest absolute Gasteiger partial charge is 0.281 e. The van der Waals surface area contributed by atoms with E-state index in [1.807, 2.05) is 65.6 Å². The summed E-state index contributed by atoms with van der Waals surface area (Å²) in [5, 5.41) is 0. The van der Waals surface area contributed by atoms with E-state index in [0.717, 1.165) is 24.2 Å². The van der Waals surface area contributed by atoms with Crippen LogP contribution in [0.3, 0.4) is 0 Å². The third-order valence-corrected chi connectivity index (χ3v) is 10.3. The molecule has 0 aromatic heterocycles. The molecule has 3 aliphatic carbocycles. The van der Waals surface area contributed by atoms with Crippen LogP contribution in [0.1, 0.15) is 26.7 Å². The minimum absolute atomic E-state index is 0.0156. The van der Waals surface area contributed by atoms with Gasteiger partial charge in [-0.2, -0.15) is 0 Å². The summed E-state index contributed by atoms with van der Waals surface area (Å²) in [6.45, 7) is 4.50. The number of benzene rings is 2. The molecular formula is C22H22Br3NO. The Hall–Kier alpha value is -0.650. The molecule has 2 nitrogen and oxygen atoms in total. The molecule has 2 aromatic carbocycles. The molecule has 3 saturated carbocycles. The number of halogens is 3. The monoisotopic (exact) mass is 553 g/mol. The van der Waals surface area contributed by atoms with Crippen molar-refractivity contribution < 1.29 is 4.79 Å². The molecule has 2 aromatic rings. The van der Waals surface area contributed by atoms with Gasteiger partial charge in [0.1, 0.15) is 0 Å². The molecule has 3 atom stereocenters. The van der Waals surface area contributed by atoms with Crippen molar-refractivity contribution in [2.45, 2.75) is 35.3 Å². The minimum atomic E-state index is -0.432. The number of alkyl halides is 3. The van der Waals surface area contributed by atoms with Gasteiger partial charge >= 0.3 is 0 Å². The Labute approximate surface area is 186 Å². The van der Waals surface area contributed by atoms with E-state index in [1.165, 1.54) is 0 Å². The number of carbonyl (C=O) groups is 1. The van der Waals surface area contributed by atoms with Crippen LogP contribution in [0.15, 0.2) is 60.7 Å². The zero-order valence-corrected chi connectivity index (χ0v) is 20.1. The number of hydrogen-bond acceptors (Lipinski definition) is 1. The van der Waals surface area contributed by atoms with Crippen LogP contribution >= 0.6 is 47.8 Å². The molecule has 3 aliphatic rings. The molecule has 3 fully saturated rings. The van der Waals surface area contributed by atoms with Gasteiger partial charge in [0.2, 0.25) is 5.91 Å². The van der Waals surface area contributed by atoms with Crippen molar-refractivity contribution in [3.8, 4) is 0 Å². The molecule has 2 bridgehead atoms. The predicted octanol–water partition coefficient (Wildman–Crippen LogP) is 7.04. The summed E-state index contributed by atoms with van der Waals surface area (Å²) < 4.78 is 0.169. The lowest BCUT2D eigenvalue weighted by atomic mass is 9.43. The number of nitrogens with zero attached hydrogens (tertiary/aromatic N) is 1. The highest BCUT2D eigenvalue weighted by molar-refractivity contribution is 9.24. The molecule has 0 heterocycles. The van der Waals surface area contributed by atoms with Gasteiger partial charge in [-0.3, -0.25) is 9.69 Å². The summed E-state index contributed by atoms with van der Waals surface area (Å²) >= 11 is 11.5. The second kappa shape index (κ2) is 6.70. The zero-order chi connectivity index (χ0) is 19.4. The Morgan fingerprint density at radius 3 is 1.81 bits per heavy atom. The van der Waals surface area contributed by atoms with Crippen molar-refractivity contribution in [2.24, 2.45) is 16.2 Å². The van der Waals surface area contributed by atoms with Crippen molar-refractivity contribution >= 4 is 65.1 Å². The maximum absolute atomic E-state index is 14.2. The predicted molar refractivity (Wildman–Crippen MR) is 122 cm³/mol. The second-order valence-electron chi connectivity index (χ2n) is 8.11. The average molecular weight is 556 g/mol. The number of anilines is 2. The van der Waals surface area contributed by atoms with Crippen LogP contribution in [0, 0.1) is 16.2 Å². The van der Waals surface area contributed by atoms with Gasteiger partial charge in [0, 0.05) is 21.6 Å². The molecule has 0 N–H and O–H groups in total. The molecule has 5 rings (SSSR count). The van der Waals surface area contributed by atoms with Gasteiger partial charge in [0.25, 0.3) is 0 Å². The van der Waals surface area contributed by atoms with Gasteiger partial charge in [-0.25, -0.2) is 0 Å². The summed E-state index contributed by atoms with van der Waals surface area (Å²) in [6.07, 6.45) is 1.90. The molecule has 142 valence electrons. The van der Waals surface area contributed by atoms with E-state index in [9.17, 15) is 4.79 Å². The molecule has 27 heavy (non-hydrogen) atoms. The summed E-state index contributed by atoms with van der Waals surface area (Å²) in [7, 11) is 0. The maximum atomic E-state index is 14.2. The van der Waals surface area contributed by atoms with Crippen LogP contribution < -0.4 is 4.90 Å². The first-order chi connectivity index (χ1) is 12.8. The van der Waals surface area contributed by atoms with Gasteiger partial charge in [-0.15, -0.1) is 0 Å². The Bertz CT molecular complexity index is 815. The van der Waals surface area contributed by atoms with Crippen LogP contribution in [0.25, 0.3) is 0 Å². The zero-order valence-electron chi connectivity index (χ0n) is 15.3. The highest BCUT2D eigenvalue weighted by Gasteiger charge is 2.83. The van der Waals surface area contributed by atoms with Crippen LogP contribution in [-0.2, 0) is 4.79 Å². The molecule has 3 unspecified atom stereocenters. The first-order valence-electron chi connectivity index (χ1n) is 9.17. The third kappa shape index (κ3) is 2.37. The lowest BCUT2D eigenvalue weighted by Gasteiger charge is -2.66. The molecular weight excluding hydrogens is 534 g/mol. The number of fused-ring (bicyclic) bond motifs is 1. The fraction of sp³-hybridized carbons (Fsp3) is 0.409. The Balaban J connectivity index is 1.82. The van der Waals surface area contributed by atoms with Crippen LogP contribution in [-0.4, -0.2) is 14.5 Å². The molecule has 0 aliphatic heterocycles. The van der Waals surface area contributed by atoms with Gasteiger partial charge < -0.3 is 0 Å². The van der Waals surface area contributed by atoms with Gasteiger partial charge in [0.05, 0.1) is 9.15 Å². The number of amides is 1. The standard InChI is InChI=1S/C22H22Br3NO/c1-20(2)21(18(24)25)13-14-22(20,17(21)23)19(27)26(15-9-5-3-6-10-15)16-11-7-4-8-12-16/h3-12,17-18H,13-14H2,1-2H3.